The van der Waals surface area contributed by atoms with Gasteiger partial charge >= 0.3 is 0 Å². The van der Waals surface area contributed by atoms with E-state index in [4.69, 9.17) is 0 Å². The summed E-state index contributed by atoms with van der Waals surface area (Å²) < 4.78 is 25.9. The van der Waals surface area contributed by atoms with E-state index >= 15 is 0 Å². The molecular weight excluding hydrogens is 196 g/mol. The molecule has 1 saturated heterocycles. The first-order valence-corrected chi connectivity index (χ1v) is 5.99. The lowest BCUT2D eigenvalue weighted by Crippen LogP contribution is -2.53. The van der Waals surface area contributed by atoms with Crippen molar-refractivity contribution in [1.82, 2.24) is 4.90 Å². The van der Waals surface area contributed by atoms with Gasteiger partial charge in [-0.05, 0) is 39.2 Å². The van der Waals surface area contributed by atoms with Gasteiger partial charge in [0.15, 0.2) is 0 Å². The number of likely N-dealkylation sites (tertiary alicyclic amines) is 1. The Morgan fingerprint density at radius 3 is 2.13 bits per heavy atom. The average molecular weight is 219 g/mol. The number of alkyl halides is 2. The predicted octanol–water partition coefficient (Wildman–Crippen LogP) is 3.40. The van der Waals surface area contributed by atoms with E-state index in [2.05, 4.69) is 32.6 Å². The summed E-state index contributed by atoms with van der Waals surface area (Å²) in [7, 11) is 0. The summed E-state index contributed by atoms with van der Waals surface area (Å²) in [5, 5.41) is 0. The van der Waals surface area contributed by atoms with Crippen LogP contribution in [0.4, 0.5) is 8.78 Å². The van der Waals surface area contributed by atoms with E-state index in [0.29, 0.717) is 18.4 Å². The first kappa shape index (κ1) is 12.9. The van der Waals surface area contributed by atoms with E-state index in [1.807, 2.05) is 0 Å². The minimum Gasteiger partial charge on any atom is -0.297 e. The third-order valence-corrected chi connectivity index (χ3v) is 3.45. The van der Waals surface area contributed by atoms with E-state index in [1.54, 1.807) is 0 Å². The number of nitrogens with zero attached hydrogens (tertiary/aromatic N) is 1. The fourth-order valence-corrected chi connectivity index (χ4v) is 2.83. The zero-order chi connectivity index (χ0) is 11.6. The van der Waals surface area contributed by atoms with Crippen LogP contribution in [0.1, 0.15) is 40.5 Å². The molecule has 0 N–H and O–H groups in total. The summed E-state index contributed by atoms with van der Waals surface area (Å²) in [6.07, 6.45) is -0.570. The monoisotopic (exact) mass is 219 g/mol. The maximum atomic E-state index is 12.9. The van der Waals surface area contributed by atoms with Gasteiger partial charge in [-0.1, -0.05) is 13.8 Å². The fraction of sp³-hybridized carbons (Fsp3) is 1.00. The zero-order valence-electron chi connectivity index (χ0n) is 10.2. The summed E-state index contributed by atoms with van der Waals surface area (Å²) in [5.74, 6) is -0.118. The third kappa shape index (κ3) is 2.90. The molecule has 0 spiro atoms. The molecule has 1 aliphatic rings. The SMILES string of the molecule is CC(C)C1C(C(F)F)CCCN1C(C)C. The predicted molar refractivity (Wildman–Crippen MR) is 59.2 cm³/mol. The van der Waals surface area contributed by atoms with Crippen LogP contribution >= 0.6 is 0 Å². The summed E-state index contributed by atoms with van der Waals surface area (Å²) in [4.78, 5) is 2.25. The normalized spacial score (nSPS) is 29.4. The Kier molecular flexibility index (Phi) is 4.50. The van der Waals surface area contributed by atoms with E-state index in [-0.39, 0.29) is 6.04 Å². The highest BCUT2D eigenvalue weighted by Crippen LogP contribution is 2.34. The van der Waals surface area contributed by atoms with Gasteiger partial charge in [-0.15, -0.1) is 0 Å². The van der Waals surface area contributed by atoms with Gasteiger partial charge in [-0.2, -0.15) is 0 Å². The molecule has 1 fully saturated rings. The number of halogens is 2. The third-order valence-electron chi connectivity index (χ3n) is 3.45. The van der Waals surface area contributed by atoms with Gasteiger partial charge in [0.05, 0.1) is 0 Å². The van der Waals surface area contributed by atoms with Crippen LogP contribution in [0.3, 0.4) is 0 Å². The van der Waals surface area contributed by atoms with E-state index in [1.165, 1.54) is 0 Å². The smallest absolute Gasteiger partial charge is 0.242 e. The van der Waals surface area contributed by atoms with Crippen molar-refractivity contribution in [3.05, 3.63) is 0 Å². The maximum absolute atomic E-state index is 12.9. The molecule has 90 valence electrons. The van der Waals surface area contributed by atoms with Gasteiger partial charge in [0.2, 0.25) is 6.43 Å². The zero-order valence-corrected chi connectivity index (χ0v) is 10.2. The minimum absolute atomic E-state index is 0.0544. The van der Waals surface area contributed by atoms with Crippen LogP contribution in [0.5, 0.6) is 0 Å². The van der Waals surface area contributed by atoms with Crippen molar-refractivity contribution in [3.63, 3.8) is 0 Å². The topological polar surface area (TPSA) is 3.24 Å². The standard InChI is InChI=1S/C12H23F2N/c1-8(2)11-10(12(13)14)6-5-7-15(11)9(3)4/h8-12H,5-7H2,1-4H3. The van der Waals surface area contributed by atoms with Gasteiger partial charge in [0, 0.05) is 18.0 Å². The lowest BCUT2D eigenvalue weighted by atomic mass is 9.82. The lowest BCUT2D eigenvalue weighted by molar-refractivity contribution is -0.0431. The molecule has 0 saturated carbocycles. The second kappa shape index (κ2) is 5.24. The molecule has 1 nitrogen and oxygen atoms in total. The molecule has 0 aromatic rings. The van der Waals surface area contributed by atoms with E-state index in [9.17, 15) is 8.78 Å². The second-order valence-corrected chi connectivity index (χ2v) is 5.21. The Hall–Kier alpha value is -0.180. The first-order valence-electron chi connectivity index (χ1n) is 5.99. The van der Waals surface area contributed by atoms with Crippen LogP contribution in [0.2, 0.25) is 0 Å². The Labute approximate surface area is 91.8 Å². The van der Waals surface area contributed by atoms with Crippen LogP contribution in [-0.2, 0) is 0 Å². The van der Waals surface area contributed by atoms with Crippen molar-refractivity contribution in [2.75, 3.05) is 6.54 Å². The van der Waals surface area contributed by atoms with Crippen molar-refractivity contribution in [2.45, 2.75) is 59.0 Å². The molecule has 1 heterocycles. The van der Waals surface area contributed by atoms with Crippen molar-refractivity contribution in [1.29, 1.82) is 0 Å². The van der Waals surface area contributed by atoms with Crippen LogP contribution in [0, 0.1) is 11.8 Å². The van der Waals surface area contributed by atoms with Crippen molar-refractivity contribution < 1.29 is 8.78 Å². The highest BCUT2D eigenvalue weighted by molar-refractivity contribution is 4.89. The summed E-state index contributed by atoms with van der Waals surface area (Å²) >= 11 is 0. The summed E-state index contributed by atoms with van der Waals surface area (Å²) in [6, 6.07) is 0.428. The quantitative estimate of drug-likeness (QED) is 0.703. The molecule has 0 amide bonds. The fourth-order valence-electron chi connectivity index (χ4n) is 2.83. The van der Waals surface area contributed by atoms with Crippen molar-refractivity contribution in [2.24, 2.45) is 11.8 Å². The average Bonchev–Trinajstić information content (AvgIpc) is 2.16. The molecule has 0 aliphatic carbocycles. The van der Waals surface area contributed by atoms with Crippen LogP contribution in [-0.4, -0.2) is 30.0 Å². The summed E-state index contributed by atoms with van der Waals surface area (Å²) in [5.41, 5.74) is 0. The molecule has 0 aromatic heterocycles. The van der Waals surface area contributed by atoms with Crippen molar-refractivity contribution in [3.8, 4) is 0 Å². The molecule has 1 aliphatic heterocycles. The van der Waals surface area contributed by atoms with Gasteiger partial charge in [0.1, 0.15) is 0 Å². The highest BCUT2D eigenvalue weighted by Gasteiger charge is 2.39. The number of rotatable bonds is 3. The number of piperidine rings is 1. The number of hydrogen-bond donors (Lipinski definition) is 0. The van der Waals surface area contributed by atoms with Gasteiger partial charge in [-0.3, -0.25) is 4.90 Å². The Bertz CT molecular complexity index is 176. The minimum atomic E-state index is -2.17. The number of hydrogen-bond acceptors (Lipinski definition) is 1. The highest BCUT2D eigenvalue weighted by atomic mass is 19.3. The molecule has 2 unspecified atom stereocenters. The van der Waals surface area contributed by atoms with Crippen LogP contribution in [0.15, 0.2) is 0 Å². The first-order chi connectivity index (χ1) is 6.95. The summed E-state index contributed by atoms with van der Waals surface area (Å²) in [6.45, 7) is 9.29. The molecule has 15 heavy (non-hydrogen) atoms. The van der Waals surface area contributed by atoms with E-state index in [0.717, 1.165) is 13.0 Å². The second-order valence-electron chi connectivity index (χ2n) is 5.21. The molecule has 1 rings (SSSR count). The van der Waals surface area contributed by atoms with Gasteiger partial charge in [-0.25, -0.2) is 8.78 Å². The maximum Gasteiger partial charge on any atom is 0.242 e. The molecule has 3 heteroatoms. The molecule has 0 bridgehead atoms. The largest absolute Gasteiger partial charge is 0.297 e. The molecule has 2 atom stereocenters. The Morgan fingerprint density at radius 2 is 1.73 bits per heavy atom. The molecule has 0 aromatic carbocycles. The van der Waals surface area contributed by atoms with E-state index < -0.39 is 12.3 Å². The molecular formula is C12H23F2N. The van der Waals surface area contributed by atoms with Gasteiger partial charge < -0.3 is 0 Å². The van der Waals surface area contributed by atoms with Gasteiger partial charge in [0.25, 0.3) is 0 Å². The Morgan fingerprint density at radius 1 is 1.13 bits per heavy atom. The molecule has 0 radical (unpaired) electrons. The van der Waals surface area contributed by atoms with Crippen molar-refractivity contribution >= 4 is 0 Å². The van der Waals surface area contributed by atoms with Crippen LogP contribution < -0.4 is 0 Å². The lowest BCUT2D eigenvalue weighted by Gasteiger charge is -2.45. The Balaban J connectivity index is 2.80. The van der Waals surface area contributed by atoms with Crippen LogP contribution in [0.25, 0.3) is 0 Å².